The minimum Gasteiger partial charge on any atom is -0.494 e. The average molecular weight is 480 g/mol. The molecule has 0 aliphatic carbocycles. The monoisotopic (exact) mass is 479 g/mol. The van der Waals surface area contributed by atoms with Crippen molar-refractivity contribution in [3.8, 4) is 23.0 Å². The maximum absolute atomic E-state index is 13.8. The number of methoxy groups -OCH3 is 3. The average Bonchev–Trinajstić information content (AvgIpc) is 3.29. The van der Waals surface area contributed by atoms with Gasteiger partial charge in [0.1, 0.15) is 5.75 Å². The first-order valence-electron chi connectivity index (χ1n) is 10.6. The third-order valence-corrected chi connectivity index (χ3v) is 6.15. The van der Waals surface area contributed by atoms with E-state index in [0.29, 0.717) is 41.1 Å². The van der Waals surface area contributed by atoms with Crippen LogP contribution >= 0.6 is 11.3 Å². The van der Waals surface area contributed by atoms with Gasteiger partial charge in [0.15, 0.2) is 16.6 Å². The van der Waals surface area contributed by atoms with Crippen molar-refractivity contribution >= 4 is 32.6 Å². The van der Waals surface area contributed by atoms with Crippen LogP contribution in [0.3, 0.4) is 0 Å². The number of amides is 1. The molecule has 2 heterocycles. The predicted octanol–water partition coefficient (Wildman–Crippen LogP) is 4.96. The molecule has 0 aliphatic rings. The molecule has 0 aliphatic heterocycles. The fourth-order valence-corrected chi connectivity index (χ4v) is 4.52. The van der Waals surface area contributed by atoms with E-state index in [1.807, 2.05) is 37.3 Å². The maximum atomic E-state index is 13.8. The van der Waals surface area contributed by atoms with Gasteiger partial charge in [0.2, 0.25) is 5.75 Å². The lowest BCUT2D eigenvalue weighted by Crippen LogP contribution is -2.30. The molecule has 0 spiro atoms. The number of fused-ring (bicyclic) bond motifs is 1. The van der Waals surface area contributed by atoms with Gasteiger partial charge in [0, 0.05) is 18.0 Å². The summed E-state index contributed by atoms with van der Waals surface area (Å²) < 4.78 is 22.8. The molecule has 4 rings (SSSR count). The van der Waals surface area contributed by atoms with Crippen LogP contribution < -0.4 is 23.8 Å². The van der Waals surface area contributed by atoms with Crippen molar-refractivity contribution in [2.45, 2.75) is 13.5 Å². The van der Waals surface area contributed by atoms with E-state index >= 15 is 0 Å². The Balaban J connectivity index is 1.79. The Morgan fingerprint density at radius 2 is 1.79 bits per heavy atom. The number of ether oxygens (including phenoxy) is 4. The van der Waals surface area contributed by atoms with Crippen LogP contribution in [-0.4, -0.2) is 43.8 Å². The molecule has 1 amide bonds. The SMILES string of the molecule is CCOc1ccc2nc(N(Cc3cccnc3)C(=O)c3cc(OC)c(OC)c(OC)c3)sc2c1. The molecule has 0 saturated carbocycles. The van der Waals surface area contributed by atoms with E-state index < -0.39 is 0 Å². The van der Waals surface area contributed by atoms with E-state index in [0.717, 1.165) is 21.5 Å². The third-order valence-electron chi connectivity index (χ3n) is 5.11. The van der Waals surface area contributed by atoms with Gasteiger partial charge in [-0.05, 0) is 48.9 Å². The number of anilines is 1. The fraction of sp³-hybridized carbons (Fsp3) is 0.240. The number of benzene rings is 2. The Morgan fingerprint density at radius 1 is 1.03 bits per heavy atom. The molecule has 8 nitrogen and oxygen atoms in total. The first-order valence-corrected chi connectivity index (χ1v) is 11.4. The fourth-order valence-electron chi connectivity index (χ4n) is 3.53. The Bertz CT molecular complexity index is 1270. The van der Waals surface area contributed by atoms with E-state index in [1.165, 1.54) is 32.7 Å². The molecule has 0 saturated heterocycles. The molecule has 2 aromatic heterocycles. The van der Waals surface area contributed by atoms with E-state index in [9.17, 15) is 4.79 Å². The second kappa shape index (κ2) is 10.4. The van der Waals surface area contributed by atoms with Gasteiger partial charge >= 0.3 is 0 Å². The number of pyridine rings is 1. The lowest BCUT2D eigenvalue weighted by atomic mass is 10.1. The maximum Gasteiger partial charge on any atom is 0.260 e. The molecule has 0 fully saturated rings. The molecule has 0 bridgehead atoms. The Labute approximate surface area is 201 Å². The number of rotatable bonds is 9. The Kier molecular flexibility index (Phi) is 7.12. The Morgan fingerprint density at radius 3 is 2.41 bits per heavy atom. The van der Waals surface area contributed by atoms with Gasteiger partial charge < -0.3 is 18.9 Å². The van der Waals surface area contributed by atoms with Gasteiger partial charge in [0.05, 0.1) is 44.7 Å². The summed E-state index contributed by atoms with van der Waals surface area (Å²) in [5.74, 6) is 1.73. The molecule has 0 atom stereocenters. The molecule has 176 valence electrons. The second-order valence-electron chi connectivity index (χ2n) is 7.23. The van der Waals surface area contributed by atoms with Crippen LogP contribution in [0.1, 0.15) is 22.8 Å². The smallest absolute Gasteiger partial charge is 0.260 e. The molecular weight excluding hydrogens is 454 g/mol. The number of hydrogen-bond acceptors (Lipinski definition) is 8. The van der Waals surface area contributed by atoms with Gasteiger partial charge in [-0.1, -0.05) is 17.4 Å². The first-order chi connectivity index (χ1) is 16.6. The largest absolute Gasteiger partial charge is 0.494 e. The number of thiazole rings is 1. The van der Waals surface area contributed by atoms with Crippen LogP contribution in [0.4, 0.5) is 5.13 Å². The summed E-state index contributed by atoms with van der Waals surface area (Å²) >= 11 is 1.42. The normalized spacial score (nSPS) is 10.7. The van der Waals surface area contributed by atoms with Crippen LogP contribution in [0.25, 0.3) is 10.2 Å². The highest BCUT2D eigenvalue weighted by molar-refractivity contribution is 7.22. The van der Waals surface area contributed by atoms with E-state index in [4.69, 9.17) is 23.9 Å². The van der Waals surface area contributed by atoms with Gasteiger partial charge in [-0.3, -0.25) is 14.7 Å². The first kappa shape index (κ1) is 23.3. The topological polar surface area (TPSA) is 83.0 Å². The number of nitrogens with zero attached hydrogens (tertiary/aromatic N) is 3. The van der Waals surface area contributed by atoms with Crippen LogP contribution in [0.2, 0.25) is 0 Å². The van der Waals surface area contributed by atoms with Crippen molar-refractivity contribution in [1.29, 1.82) is 0 Å². The van der Waals surface area contributed by atoms with E-state index in [1.54, 1.807) is 29.4 Å². The molecular formula is C25H25N3O5S. The van der Waals surface area contributed by atoms with Crippen molar-refractivity contribution in [1.82, 2.24) is 9.97 Å². The van der Waals surface area contributed by atoms with Crippen molar-refractivity contribution < 1.29 is 23.7 Å². The summed E-state index contributed by atoms with van der Waals surface area (Å²) in [5.41, 5.74) is 2.04. The zero-order valence-electron chi connectivity index (χ0n) is 19.4. The van der Waals surface area contributed by atoms with Crippen LogP contribution in [-0.2, 0) is 6.54 Å². The van der Waals surface area contributed by atoms with Gasteiger partial charge in [-0.15, -0.1) is 0 Å². The summed E-state index contributed by atoms with van der Waals surface area (Å²) in [4.78, 5) is 24.4. The van der Waals surface area contributed by atoms with Crippen molar-refractivity contribution in [2.24, 2.45) is 0 Å². The molecule has 0 unspecified atom stereocenters. The molecule has 9 heteroatoms. The molecule has 0 N–H and O–H groups in total. The number of hydrogen-bond donors (Lipinski definition) is 0. The minimum absolute atomic E-state index is 0.257. The zero-order chi connectivity index (χ0) is 24.1. The Hall–Kier alpha value is -3.85. The van der Waals surface area contributed by atoms with Gasteiger partial charge in [-0.25, -0.2) is 4.98 Å². The second-order valence-corrected chi connectivity index (χ2v) is 8.23. The summed E-state index contributed by atoms with van der Waals surface area (Å²) in [6.07, 6.45) is 3.43. The summed E-state index contributed by atoms with van der Waals surface area (Å²) in [6.45, 7) is 2.80. The lowest BCUT2D eigenvalue weighted by Gasteiger charge is -2.21. The van der Waals surface area contributed by atoms with Gasteiger partial charge in [-0.2, -0.15) is 0 Å². The molecule has 4 aromatic rings. The minimum atomic E-state index is -0.257. The standard InChI is InChI=1S/C25H25N3O5S/c1-5-33-18-8-9-19-22(13-18)34-25(27-19)28(15-16-7-6-10-26-14-16)24(29)17-11-20(30-2)23(32-4)21(12-17)31-3/h6-14H,5,15H2,1-4H3. The molecule has 2 aromatic carbocycles. The summed E-state index contributed by atoms with van der Waals surface area (Å²) in [6, 6.07) is 12.7. The highest BCUT2D eigenvalue weighted by atomic mass is 32.1. The number of carbonyl (C=O) groups excluding carboxylic acids is 1. The third kappa shape index (κ3) is 4.74. The van der Waals surface area contributed by atoms with Crippen LogP contribution in [0.5, 0.6) is 23.0 Å². The van der Waals surface area contributed by atoms with E-state index in [-0.39, 0.29) is 5.91 Å². The van der Waals surface area contributed by atoms with Crippen LogP contribution in [0.15, 0.2) is 54.9 Å². The highest BCUT2D eigenvalue weighted by Crippen LogP contribution is 2.39. The summed E-state index contributed by atoms with van der Waals surface area (Å²) in [7, 11) is 4.55. The van der Waals surface area contributed by atoms with Crippen LogP contribution in [0, 0.1) is 0 Å². The summed E-state index contributed by atoms with van der Waals surface area (Å²) in [5, 5.41) is 0.561. The molecule has 0 radical (unpaired) electrons. The van der Waals surface area contributed by atoms with E-state index in [2.05, 4.69) is 4.98 Å². The zero-order valence-corrected chi connectivity index (χ0v) is 20.2. The highest BCUT2D eigenvalue weighted by Gasteiger charge is 2.25. The van der Waals surface area contributed by atoms with Gasteiger partial charge in [0.25, 0.3) is 5.91 Å². The lowest BCUT2D eigenvalue weighted by molar-refractivity contribution is 0.0984. The van der Waals surface area contributed by atoms with Crippen molar-refractivity contribution in [3.63, 3.8) is 0 Å². The van der Waals surface area contributed by atoms with Crippen molar-refractivity contribution in [3.05, 3.63) is 66.0 Å². The predicted molar refractivity (Wildman–Crippen MR) is 132 cm³/mol. The van der Waals surface area contributed by atoms with Crippen molar-refractivity contribution in [2.75, 3.05) is 32.8 Å². The quantitative estimate of drug-likeness (QED) is 0.335. The molecule has 34 heavy (non-hydrogen) atoms. The number of carbonyl (C=O) groups is 1. The number of aromatic nitrogens is 2.